The van der Waals surface area contributed by atoms with Crippen LogP contribution in [-0.4, -0.2) is 48.7 Å². The van der Waals surface area contributed by atoms with Crippen molar-refractivity contribution >= 4 is 17.8 Å². The average Bonchev–Trinajstić information content (AvgIpc) is 2.94. The number of benzene rings is 1. The number of hydrogen-bond acceptors (Lipinski definition) is 7. The van der Waals surface area contributed by atoms with Crippen molar-refractivity contribution < 1.29 is 27.4 Å². The Balaban J connectivity index is 0.000000931. The highest BCUT2D eigenvalue weighted by molar-refractivity contribution is 6.00. The molecule has 2 aromatic rings. The lowest BCUT2D eigenvalue weighted by Gasteiger charge is -2.38. The number of aliphatic imine (C=N–C) groups is 1. The van der Waals surface area contributed by atoms with E-state index in [0.29, 0.717) is 24.7 Å². The SMILES string of the molecule is CC.COC(C)(C)C.N#CC[C@@]1(c2cc[nH]c(=O)c2C(N)=Nc2ccc([C@H](N)C(F)(F)F)cc2)CC[C@@H](C=O)OC1. The molecule has 12 heteroatoms. The van der Waals surface area contributed by atoms with Crippen molar-refractivity contribution in [2.45, 2.75) is 83.2 Å². The molecule has 0 aliphatic carbocycles. The van der Waals surface area contributed by atoms with E-state index >= 15 is 0 Å². The number of aromatic amines is 1. The standard InChI is InChI=1S/C22H22F3N5O3.C5H12O.C2H6/c23-22(24,25)18(27)13-1-3-14(4-2-13)30-19(28)17-16(6-10-29-20(17)32)21(8-9-26)7-5-15(11-31)33-12-21;1-5(2,3)6-4;1-2/h1-4,6,10-11,15,18H,5,7-8,12,27H2,(H2,28,30)(H,29,32);1-4H3;1-2H3/t15-,18-,21-;;/m0../s1. The van der Waals surface area contributed by atoms with E-state index in [4.69, 9.17) is 20.9 Å². The van der Waals surface area contributed by atoms with E-state index in [9.17, 15) is 28.0 Å². The van der Waals surface area contributed by atoms with Gasteiger partial charge in [0.25, 0.3) is 5.56 Å². The van der Waals surface area contributed by atoms with Gasteiger partial charge in [0, 0.05) is 25.1 Å². The molecule has 5 N–H and O–H groups in total. The number of alkyl halides is 3. The van der Waals surface area contributed by atoms with E-state index in [-0.39, 0.29) is 41.3 Å². The molecule has 3 atom stereocenters. The molecule has 2 heterocycles. The van der Waals surface area contributed by atoms with Gasteiger partial charge in [0.2, 0.25) is 0 Å². The van der Waals surface area contributed by atoms with E-state index < -0.39 is 29.3 Å². The quantitative estimate of drug-likeness (QED) is 0.248. The molecule has 1 fully saturated rings. The molecule has 0 unspecified atom stereocenters. The maximum absolute atomic E-state index is 12.8. The van der Waals surface area contributed by atoms with Gasteiger partial charge in [0.05, 0.1) is 29.5 Å². The van der Waals surface area contributed by atoms with Gasteiger partial charge >= 0.3 is 6.18 Å². The topological polar surface area (TPSA) is 157 Å². The minimum absolute atomic E-state index is 0.0202. The Morgan fingerprint density at radius 2 is 1.85 bits per heavy atom. The normalized spacial score (nSPS) is 19.9. The molecule has 0 spiro atoms. The number of hydrogen-bond donors (Lipinski definition) is 3. The van der Waals surface area contributed by atoms with Crippen LogP contribution in [0.3, 0.4) is 0 Å². The number of aromatic nitrogens is 1. The fourth-order valence-electron chi connectivity index (χ4n) is 3.86. The molecule has 0 radical (unpaired) electrons. The first-order chi connectivity index (χ1) is 19.2. The third-order valence-corrected chi connectivity index (χ3v) is 6.31. The highest BCUT2D eigenvalue weighted by atomic mass is 19.4. The van der Waals surface area contributed by atoms with Crippen molar-refractivity contribution in [2.75, 3.05) is 13.7 Å². The number of carbonyl (C=O) groups is 1. The van der Waals surface area contributed by atoms with E-state index in [0.717, 1.165) is 0 Å². The third-order valence-electron chi connectivity index (χ3n) is 6.31. The van der Waals surface area contributed by atoms with Gasteiger partial charge in [-0.15, -0.1) is 0 Å². The van der Waals surface area contributed by atoms with Gasteiger partial charge in [0.15, 0.2) is 0 Å². The summed E-state index contributed by atoms with van der Waals surface area (Å²) in [5, 5.41) is 9.42. The predicted octanol–water partition coefficient (Wildman–Crippen LogP) is 4.96. The molecular weight excluding hydrogens is 539 g/mol. The lowest BCUT2D eigenvalue weighted by Crippen LogP contribution is -2.43. The summed E-state index contributed by atoms with van der Waals surface area (Å²) in [5.74, 6) is -0.172. The van der Waals surface area contributed by atoms with E-state index in [1.807, 2.05) is 34.6 Å². The van der Waals surface area contributed by atoms with Crippen molar-refractivity contribution in [1.82, 2.24) is 4.98 Å². The summed E-state index contributed by atoms with van der Waals surface area (Å²) in [6, 6.07) is 6.59. The van der Waals surface area contributed by atoms with Crippen molar-refractivity contribution in [3.8, 4) is 6.07 Å². The van der Waals surface area contributed by atoms with Crippen molar-refractivity contribution in [1.29, 1.82) is 5.26 Å². The number of nitrogens with one attached hydrogen (secondary N) is 1. The van der Waals surface area contributed by atoms with Crippen LogP contribution in [0.1, 0.15) is 76.6 Å². The van der Waals surface area contributed by atoms with Crippen LogP contribution in [0.5, 0.6) is 0 Å². The molecule has 1 aromatic heterocycles. The average molecular weight is 580 g/mol. The van der Waals surface area contributed by atoms with E-state index in [1.54, 1.807) is 13.2 Å². The number of nitrogens with zero attached hydrogens (tertiary/aromatic N) is 2. The zero-order chi connectivity index (χ0) is 31.4. The summed E-state index contributed by atoms with van der Waals surface area (Å²) in [7, 11) is 1.71. The third kappa shape index (κ3) is 10.1. The molecule has 0 amide bonds. The molecule has 1 aromatic carbocycles. The molecule has 41 heavy (non-hydrogen) atoms. The van der Waals surface area contributed by atoms with Crippen LogP contribution >= 0.6 is 0 Å². The lowest BCUT2D eigenvalue weighted by molar-refractivity contribution is -0.149. The Morgan fingerprint density at radius 3 is 2.29 bits per heavy atom. The van der Waals surface area contributed by atoms with Crippen LogP contribution in [0.2, 0.25) is 0 Å². The molecule has 0 bridgehead atoms. The van der Waals surface area contributed by atoms with Gasteiger partial charge in [0.1, 0.15) is 24.3 Å². The maximum atomic E-state index is 12.8. The first-order valence-corrected chi connectivity index (χ1v) is 13.2. The van der Waals surface area contributed by atoms with Crippen LogP contribution in [0, 0.1) is 11.3 Å². The molecular formula is C29H40F3N5O4. The second-order valence-corrected chi connectivity index (χ2v) is 10.2. The van der Waals surface area contributed by atoms with Gasteiger partial charge < -0.3 is 30.7 Å². The Hall–Kier alpha value is -3.53. The number of methoxy groups -OCH3 is 1. The molecule has 0 saturated carbocycles. The van der Waals surface area contributed by atoms with Crippen molar-refractivity contribution in [3.05, 3.63) is 63.6 Å². The summed E-state index contributed by atoms with van der Waals surface area (Å²) >= 11 is 0. The van der Waals surface area contributed by atoms with Gasteiger partial charge in [-0.2, -0.15) is 18.4 Å². The monoisotopic (exact) mass is 579 g/mol. The van der Waals surface area contributed by atoms with Crippen LogP contribution in [0.15, 0.2) is 46.3 Å². The number of nitriles is 1. The fraction of sp³-hybridized carbons (Fsp3) is 0.517. The number of pyridine rings is 1. The van der Waals surface area contributed by atoms with E-state index in [1.165, 1.54) is 30.5 Å². The maximum Gasteiger partial charge on any atom is 0.407 e. The van der Waals surface area contributed by atoms with Crippen molar-refractivity contribution in [3.63, 3.8) is 0 Å². The molecule has 3 rings (SSSR count). The number of ether oxygens (including phenoxy) is 2. The highest BCUT2D eigenvalue weighted by Crippen LogP contribution is 2.39. The number of halogens is 3. The first kappa shape index (κ1) is 35.5. The summed E-state index contributed by atoms with van der Waals surface area (Å²) in [4.78, 5) is 30.5. The van der Waals surface area contributed by atoms with Crippen molar-refractivity contribution in [2.24, 2.45) is 16.5 Å². The molecule has 1 aliphatic heterocycles. The minimum Gasteiger partial charge on any atom is -0.383 e. The van der Waals surface area contributed by atoms with Gasteiger partial charge in [-0.3, -0.25) is 4.79 Å². The van der Waals surface area contributed by atoms with E-state index in [2.05, 4.69) is 16.0 Å². The summed E-state index contributed by atoms with van der Waals surface area (Å²) in [6.07, 6.45) is -2.25. The molecule has 9 nitrogen and oxygen atoms in total. The Kier molecular flexibility index (Phi) is 13.4. The summed E-state index contributed by atoms with van der Waals surface area (Å²) < 4.78 is 49.0. The highest BCUT2D eigenvalue weighted by Gasteiger charge is 2.40. The van der Waals surface area contributed by atoms with Crippen LogP contribution < -0.4 is 17.0 Å². The van der Waals surface area contributed by atoms with Gasteiger partial charge in [-0.05, 0) is 62.9 Å². The second-order valence-electron chi connectivity index (χ2n) is 10.2. The Bertz CT molecular complexity index is 1240. The second kappa shape index (κ2) is 15.5. The Labute approximate surface area is 238 Å². The Morgan fingerprint density at radius 1 is 1.27 bits per heavy atom. The first-order valence-electron chi connectivity index (χ1n) is 13.2. The largest absolute Gasteiger partial charge is 0.407 e. The summed E-state index contributed by atoms with van der Waals surface area (Å²) in [6.45, 7) is 10.1. The number of nitrogens with two attached hydrogens (primary N) is 2. The minimum atomic E-state index is -4.59. The van der Waals surface area contributed by atoms with Crippen LogP contribution in [0.4, 0.5) is 18.9 Å². The number of rotatable bonds is 6. The van der Waals surface area contributed by atoms with Crippen LogP contribution in [0.25, 0.3) is 0 Å². The molecule has 1 aliphatic rings. The number of aldehydes is 1. The summed E-state index contributed by atoms with van der Waals surface area (Å²) in [5.41, 5.74) is 10.6. The zero-order valence-corrected chi connectivity index (χ0v) is 24.3. The lowest BCUT2D eigenvalue weighted by atomic mass is 9.71. The van der Waals surface area contributed by atoms with Gasteiger partial charge in [-0.25, -0.2) is 4.99 Å². The fourth-order valence-corrected chi connectivity index (χ4v) is 3.86. The van der Waals surface area contributed by atoms with Gasteiger partial charge in [-0.1, -0.05) is 26.0 Å². The van der Waals surface area contributed by atoms with Crippen LogP contribution in [-0.2, 0) is 19.7 Å². The number of carbonyl (C=O) groups excluding carboxylic acids is 1. The molecule has 226 valence electrons. The number of H-pyrrole nitrogens is 1. The smallest absolute Gasteiger partial charge is 0.383 e. The predicted molar refractivity (Wildman–Crippen MR) is 152 cm³/mol. The zero-order valence-electron chi connectivity index (χ0n) is 24.3. The molecule has 1 saturated heterocycles. The number of amidine groups is 1.